The van der Waals surface area contributed by atoms with Gasteiger partial charge in [-0.05, 0) is 29.7 Å². The molecule has 2 heterocycles. The minimum Gasteiger partial charge on any atom is -0.497 e. The van der Waals surface area contributed by atoms with E-state index in [0.29, 0.717) is 24.6 Å². The molecular formula is C20H24N2O4S. The molecule has 2 aliphatic heterocycles. The quantitative estimate of drug-likeness (QED) is 0.785. The SMILES string of the molecule is COc1ccc(OC)c(S(=O)(=O)N2CC(N3CCc4ccccc4C3)C2)c1. The highest BCUT2D eigenvalue weighted by atomic mass is 32.2. The summed E-state index contributed by atoms with van der Waals surface area (Å²) in [5.74, 6) is 0.838. The monoisotopic (exact) mass is 388 g/mol. The minimum absolute atomic E-state index is 0.159. The first kappa shape index (κ1) is 18.3. The molecule has 0 aliphatic carbocycles. The van der Waals surface area contributed by atoms with Gasteiger partial charge in [0.25, 0.3) is 0 Å². The average molecular weight is 388 g/mol. The molecule has 7 heteroatoms. The average Bonchev–Trinajstić information content (AvgIpc) is 2.66. The van der Waals surface area contributed by atoms with E-state index in [1.165, 1.54) is 35.7 Å². The number of rotatable bonds is 5. The first-order valence-corrected chi connectivity index (χ1v) is 10.5. The van der Waals surface area contributed by atoms with Crippen molar-refractivity contribution in [3.8, 4) is 11.5 Å². The highest BCUT2D eigenvalue weighted by molar-refractivity contribution is 7.89. The van der Waals surface area contributed by atoms with Crippen LogP contribution in [0.1, 0.15) is 11.1 Å². The van der Waals surface area contributed by atoms with Crippen LogP contribution in [0.15, 0.2) is 47.4 Å². The zero-order valence-corrected chi connectivity index (χ0v) is 16.4. The largest absolute Gasteiger partial charge is 0.497 e. The standard InChI is InChI=1S/C20H24N2O4S/c1-25-18-7-8-19(26-2)20(11-18)27(23,24)22-13-17(14-22)21-10-9-15-5-3-4-6-16(15)12-21/h3-8,11,17H,9-10,12-14H2,1-2H3. The van der Waals surface area contributed by atoms with E-state index < -0.39 is 10.0 Å². The summed E-state index contributed by atoms with van der Waals surface area (Å²) >= 11 is 0. The zero-order valence-electron chi connectivity index (χ0n) is 15.6. The Kier molecular flexibility index (Phi) is 4.84. The summed E-state index contributed by atoms with van der Waals surface area (Å²) in [5, 5.41) is 0. The molecule has 2 aliphatic rings. The van der Waals surface area contributed by atoms with Crippen molar-refractivity contribution in [3.05, 3.63) is 53.6 Å². The maximum atomic E-state index is 13.1. The van der Waals surface area contributed by atoms with E-state index in [-0.39, 0.29) is 10.9 Å². The molecule has 2 aromatic rings. The molecule has 0 amide bonds. The Morgan fingerprint density at radius 1 is 1.00 bits per heavy atom. The van der Waals surface area contributed by atoms with Gasteiger partial charge in [-0.25, -0.2) is 8.42 Å². The molecule has 0 spiro atoms. The summed E-state index contributed by atoms with van der Waals surface area (Å²) in [6.07, 6.45) is 1.02. The second-order valence-electron chi connectivity index (χ2n) is 6.98. The van der Waals surface area contributed by atoms with Gasteiger partial charge in [0.1, 0.15) is 16.4 Å². The van der Waals surface area contributed by atoms with Crippen molar-refractivity contribution in [3.63, 3.8) is 0 Å². The number of methoxy groups -OCH3 is 2. The molecule has 0 bridgehead atoms. The van der Waals surface area contributed by atoms with Crippen molar-refractivity contribution in [2.24, 2.45) is 0 Å². The van der Waals surface area contributed by atoms with E-state index in [1.807, 2.05) is 0 Å². The first-order valence-electron chi connectivity index (χ1n) is 9.06. The summed E-state index contributed by atoms with van der Waals surface area (Å²) in [4.78, 5) is 2.55. The van der Waals surface area contributed by atoms with Gasteiger partial charge < -0.3 is 9.47 Å². The number of ether oxygens (including phenoxy) is 2. The van der Waals surface area contributed by atoms with Crippen LogP contribution in [-0.2, 0) is 23.0 Å². The summed E-state index contributed by atoms with van der Waals surface area (Å²) in [6.45, 7) is 2.87. The summed E-state index contributed by atoms with van der Waals surface area (Å²) in [6, 6.07) is 13.6. The van der Waals surface area contributed by atoms with Crippen LogP contribution in [0, 0.1) is 0 Å². The molecule has 144 valence electrons. The lowest BCUT2D eigenvalue weighted by atomic mass is 9.97. The highest BCUT2D eigenvalue weighted by Crippen LogP contribution is 2.34. The van der Waals surface area contributed by atoms with Crippen molar-refractivity contribution in [2.75, 3.05) is 33.9 Å². The summed E-state index contributed by atoms with van der Waals surface area (Å²) in [7, 11) is -0.611. The van der Waals surface area contributed by atoms with Crippen molar-refractivity contribution >= 4 is 10.0 Å². The van der Waals surface area contributed by atoms with Crippen LogP contribution in [0.4, 0.5) is 0 Å². The fraction of sp³-hybridized carbons (Fsp3) is 0.400. The Labute approximate surface area is 160 Å². The van der Waals surface area contributed by atoms with Crippen LogP contribution in [0.3, 0.4) is 0 Å². The summed E-state index contributed by atoms with van der Waals surface area (Å²) < 4.78 is 38.1. The van der Waals surface area contributed by atoms with Gasteiger partial charge in [-0.1, -0.05) is 24.3 Å². The van der Waals surface area contributed by atoms with Crippen LogP contribution in [-0.4, -0.2) is 57.5 Å². The lowest BCUT2D eigenvalue weighted by Crippen LogP contribution is -2.61. The number of benzene rings is 2. The fourth-order valence-corrected chi connectivity index (χ4v) is 5.48. The van der Waals surface area contributed by atoms with E-state index in [9.17, 15) is 8.42 Å². The van der Waals surface area contributed by atoms with Gasteiger partial charge >= 0.3 is 0 Å². The minimum atomic E-state index is -3.61. The molecule has 0 radical (unpaired) electrons. The lowest BCUT2D eigenvalue weighted by molar-refractivity contribution is 0.0768. The molecule has 2 aromatic carbocycles. The normalized spacial score (nSPS) is 18.6. The second kappa shape index (κ2) is 7.14. The third kappa shape index (κ3) is 3.31. The number of nitrogens with zero attached hydrogens (tertiary/aromatic N) is 2. The van der Waals surface area contributed by atoms with E-state index >= 15 is 0 Å². The second-order valence-corrected chi connectivity index (χ2v) is 8.89. The molecule has 0 aromatic heterocycles. The van der Waals surface area contributed by atoms with Crippen molar-refractivity contribution in [2.45, 2.75) is 23.9 Å². The van der Waals surface area contributed by atoms with E-state index in [0.717, 1.165) is 19.5 Å². The van der Waals surface area contributed by atoms with Crippen molar-refractivity contribution in [1.82, 2.24) is 9.21 Å². The van der Waals surface area contributed by atoms with Crippen LogP contribution in [0.2, 0.25) is 0 Å². The Morgan fingerprint density at radius 2 is 1.74 bits per heavy atom. The third-order valence-corrected chi connectivity index (χ3v) is 7.35. The molecule has 4 rings (SSSR count). The predicted octanol–water partition coefficient (Wildman–Crippen LogP) is 2.13. The molecule has 6 nitrogen and oxygen atoms in total. The maximum absolute atomic E-state index is 13.1. The molecule has 0 atom stereocenters. The van der Waals surface area contributed by atoms with Gasteiger partial charge in [0, 0.05) is 38.3 Å². The smallest absolute Gasteiger partial charge is 0.247 e. The van der Waals surface area contributed by atoms with Gasteiger partial charge in [0.15, 0.2) is 0 Å². The topological polar surface area (TPSA) is 59.1 Å². The number of hydrogen-bond donors (Lipinski definition) is 0. The van der Waals surface area contributed by atoms with Gasteiger partial charge in [-0.15, -0.1) is 0 Å². The Balaban J connectivity index is 1.48. The molecule has 0 unspecified atom stereocenters. The number of fused-ring (bicyclic) bond motifs is 1. The van der Waals surface area contributed by atoms with Crippen molar-refractivity contribution in [1.29, 1.82) is 0 Å². The molecular weight excluding hydrogens is 364 g/mol. The van der Waals surface area contributed by atoms with Gasteiger partial charge in [0.05, 0.1) is 14.2 Å². The Bertz CT molecular complexity index is 939. The molecule has 1 fully saturated rings. The maximum Gasteiger partial charge on any atom is 0.247 e. The van der Waals surface area contributed by atoms with E-state index in [2.05, 4.69) is 29.2 Å². The van der Waals surface area contributed by atoms with Crippen LogP contribution in [0.25, 0.3) is 0 Å². The summed E-state index contributed by atoms with van der Waals surface area (Å²) in [5.41, 5.74) is 2.75. The van der Waals surface area contributed by atoms with Gasteiger partial charge in [-0.2, -0.15) is 4.31 Å². The molecule has 1 saturated heterocycles. The molecule has 27 heavy (non-hydrogen) atoms. The van der Waals surface area contributed by atoms with Gasteiger partial charge in [-0.3, -0.25) is 4.90 Å². The van der Waals surface area contributed by atoms with Crippen LogP contribution in [0.5, 0.6) is 11.5 Å². The fourth-order valence-electron chi connectivity index (χ4n) is 3.80. The van der Waals surface area contributed by atoms with Crippen molar-refractivity contribution < 1.29 is 17.9 Å². The Morgan fingerprint density at radius 3 is 2.44 bits per heavy atom. The third-order valence-electron chi connectivity index (χ3n) is 5.49. The highest BCUT2D eigenvalue weighted by Gasteiger charge is 2.41. The zero-order chi connectivity index (χ0) is 19.0. The Hall–Kier alpha value is -2.09. The van der Waals surface area contributed by atoms with Crippen LogP contribution < -0.4 is 9.47 Å². The molecule has 0 saturated carbocycles. The number of sulfonamides is 1. The number of hydrogen-bond acceptors (Lipinski definition) is 5. The van der Waals surface area contributed by atoms with E-state index in [1.54, 1.807) is 12.1 Å². The van der Waals surface area contributed by atoms with Crippen LogP contribution >= 0.6 is 0 Å². The van der Waals surface area contributed by atoms with Gasteiger partial charge in [0.2, 0.25) is 10.0 Å². The van der Waals surface area contributed by atoms with E-state index in [4.69, 9.17) is 9.47 Å². The molecule has 0 N–H and O–H groups in total. The predicted molar refractivity (Wildman–Crippen MR) is 103 cm³/mol. The lowest BCUT2D eigenvalue weighted by Gasteiger charge is -2.46. The first-order chi connectivity index (χ1) is 13.0.